The highest BCUT2D eigenvalue weighted by Crippen LogP contribution is 2.27. The highest BCUT2D eigenvalue weighted by molar-refractivity contribution is 6.01. The summed E-state index contributed by atoms with van der Waals surface area (Å²) in [6.07, 6.45) is 1.59. The first kappa shape index (κ1) is 10.3. The Morgan fingerprint density at radius 1 is 1.38 bits per heavy atom. The van der Waals surface area contributed by atoms with Crippen molar-refractivity contribution in [3.8, 4) is 17.1 Å². The van der Waals surface area contributed by atoms with Gasteiger partial charge in [-0.1, -0.05) is 0 Å². The van der Waals surface area contributed by atoms with E-state index in [0.29, 0.717) is 17.1 Å². The number of nitrogens with one attached hydrogen (secondary N) is 1. The lowest BCUT2D eigenvalue weighted by molar-refractivity contribution is 0.414. The molecule has 4 nitrogen and oxygen atoms in total. The molecule has 82 valence electrons. The standard InChI is InChI=1S/C12H12N2O2/c1-15-8-4-5-9(10(7-8)12(13)14)11-3-2-6-16-11/h2-7H,1H3,(H3,13,14). The summed E-state index contributed by atoms with van der Waals surface area (Å²) in [5.74, 6) is 1.35. The van der Waals surface area contributed by atoms with Gasteiger partial charge in [-0.25, -0.2) is 0 Å². The van der Waals surface area contributed by atoms with Gasteiger partial charge in [0.15, 0.2) is 0 Å². The van der Waals surface area contributed by atoms with Crippen molar-refractivity contribution in [2.24, 2.45) is 5.73 Å². The molecule has 0 fully saturated rings. The average molecular weight is 216 g/mol. The van der Waals surface area contributed by atoms with Crippen LogP contribution in [0.25, 0.3) is 11.3 Å². The molecule has 1 aromatic heterocycles. The molecule has 0 aliphatic heterocycles. The van der Waals surface area contributed by atoms with E-state index < -0.39 is 0 Å². The number of amidine groups is 1. The minimum absolute atomic E-state index is 0.00898. The van der Waals surface area contributed by atoms with E-state index in [4.69, 9.17) is 20.3 Å². The molecule has 1 heterocycles. The molecule has 0 aliphatic carbocycles. The number of rotatable bonds is 3. The SMILES string of the molecule is COc1ccc(-c2ccco2)c(C(=N)N)c1. The molecular weight excluding hydrogens is 204 g/mol. The zero-order valence-corrected chi connectivity index (χ0v) is 8.86. The molecule has 0 unspecified atom stereocenters. The molecule has 0 radical (unpaired) electrons. The van der Waals surface area contributed by atoms with E-state index >= 15 is 0 Å². The summed E-state index contributed by atoms with van der Waals surface area (Å²) < 4.78 is 10.4. The van der Waals surface area contributed by atoms with Crippen molar-refractivity contribution in [3.63, 3.8) is 0 Å². The Kier molecular flexibility index (Phi) is 2.64. The second-order valence-corrected chi connectivity index (χ2v) is 3.30. The van der Waals surface area contributed by atoms with E-state index in [1.54, 1.807) is 25.5 Å². The number of benzene rings is 1. The van der Waals surface area contributed by atoms with Crippen LogP contribution in [0.1, 0.15) is 5.56 Å². The van der Waals surface area contributed by atoms with Crippen LogP contribution in [0.3, 0.4) is 0 Å². The lowest BCUT2D eigenvalue weighted by Gasteiger charge is -2.08. The number of nitrogens with two attached hydrogens (primary N) is 1. The van der Waals surface area contributed by atoms with E-state index in [0.717, 1.165) is 5.56 Å². The zero-order chi connectivity index (χ0) is 11.5. The van der Waals surface area contributed by atoms with Crippen molar-refractivity contribution in [1.82, 2.24) is 0 Å². The number of hydrogen-bond donors (Lipinski definition) is 2. The van der Waals surface area contributed by atoms with Crippen molar-refractivity contribution in [1.29, 1.82) is 5.41 Å². The van der Waals surface area contributed by atoms with Crippen LogP contribution in [0.5, 0.6) is 5.75 Å². The van der Waals surface area contributed by atoms with Gasteiger partial charge in [0.05, 0.1) is 13.4 Å². The van der Waals surface area contributed by atoms with Gasteiger partial charge in [-0.2, -0.15) is 0 Å². The minimum Gasteiger partial charge on any atom is -0.497 e. The Labute approximate surface area is 93.2 Å². The lowest BCUT2D eigenvalue weighted by Crippen LogP contribution is -2.12. The number of methoxy groups -OCH3 is 1. The molecule has 0 aliphatic rings. The highest BCUT2D eigenvalue weighted by Gasteiger charge is 2.10. The third-order valence-corrected chi connectivity index (χ3v) is 2.30. The zero-order valence-electron chi connectivity index (χ0n) is 8.86. The summed E-state index contributed by atoms with van der Waals surface area (Å²) in [7, 11) is 1.58. The van der Waals surface area contributed by atoms with Crippen LogP contribution < -0.4 is 10.5 Å². The Bertz CT molecular complexity index is 504. The summed E-state index contributed by atoms with van der Waals surface area (Å²) in [5, 5.41) is 7.53. The molecule has 1 aromatic carbocycles. The fraction of sp³-hybridized carbons (Fsp3) is 0.0833. The first-order chi connectivity index (χ1) is 7.72. The van der Waals surface area contributed by atoms with E-state index in [9.17, 15) is 0 Å². The predicted molar refractivity (Wildman–Crippen MR) is 61.7 cm³/mol. The smallest absolute Gasteiger partial charge is 0.134 e. The van der Waals surface area contributed by atoms with E-state index in [1.807, 2.05) is 18.2 Å². The molecule has 2 aromatic rings. The third kappa shape index (κ3) is 1.77. The molecule has 2 rings (SSSR count). The van der Waals surface area contributed by atoms with Crippen LogP contribution in [0, 0.1) is 5.41 Å². The fourth-order valence-electron chi connectivity index (χ4n) is 1.52. The molecule has 0 bridgehead atoms. The van der Waals surface area contributed by atoms with Crippen LogP contribution in [-0.4, -0.2) is 12.9 Å². The number of ether oxygens (including phenoxy) is 1. The van der Waals surface area contributed by atoms with Crippen molar-refractivity contribution in [3.05, 3.63) is 42.2 Å². The molecule has 0 saturated heterocycles. The summed E-state index contributed by atoms with van der Waals surface area (Å²) >= 11 is 0. The monoisotopic (exact) mass is 216 g/mol. The summed E-state index contributed by atoms with van der Waals surface area (Å²) in [6, 6.07) is 8.98. The first-order valence-corrected chi connectivity index (χ1v) is 4.78. The maximum Gasteiger partial charge on any atom is 0.134 e. The maximum atomic E-state index is 7.53. The van der Waals surface area contributed by atoms with Gasteiger partial charge in [-0.15, -0.1) is 0 Å². The van der Waals surface area contributed by atoms with Crippen LogP contribution in [-0.2, 0) is 0 Å². The Hall–Kier alpha value is -2.23. The Morgan fingerprint density at radius 3 is 2.75 bits per heavy atom. The van der Waals surface area contributed by atoms with Crippen molar-refractivity contribution in [2.75, 3.05) is 7.11 Å². The van der Waals surface area contributed by atoms with Crippen LogP contribution in [0.15, 0.2) is 41.0 Å². The maximum absolute atomic E-state index is 7.53. The second kappa shape index (κ2) is 4.10. The summed E-state index contributed by atoms with van der Waals surface area (Å²) in [5.41, 5.74) is 6.93. The van der Waals surface area contributed by atoms with Crippen LogP contribution in [0.2, 0.25) is 0 Å². The summed E-state index contributed by atoms with van der Waals surface area (Å²) in [4.78, 5) is 0. The van der Waals surface area contributed by atoms with Gasteiger partial charge < -0.3 is 14.9 Å². The molecule has 0 spiro atoms. The molecule has 0 atom stereocenters. The third-order valence-electron chi connectivity index (χ3n) is 2.30. The largest absolute Gasteiger partial charge is 0.497 e. The molecule has 0 saturated carbocycles. The highest BCUT2D eigenvalue weighted by atomic mass is 16.5. The van der Waals surface area contributed by atoms with Gasteiger partial charge >= 0.3 is 0 Å². The van der Waals surface area contributed by atoms with Crippen molar-refractivity contribution in [2.45, 2.75) is 0 Å². The molecular formula is C12H12N2O2. The normalized spacial score (nSPS) is 10.1. The fourth-order valence-corrected chi connectivity index (χ4v) is 1.52. The van der Waals surface area contributed by atoms with Gasteiger partial charge in [-0.3, -0.25) is 5.41 Å². The summed E-state index contributed by atoms with van der Waals surface area (Å²) in [6.45, 7) is 0. The van der Waals surface area contributed by atoms with Gasteiger partial charge in [0.1, 0.15) is 17.3 Å². The first-order valence-electron chi connectivity index (χ1n) is 4.78. The number of nitrogen functional groups attached to an aromatic ring is 1. The van der Waals surface area contributed by atoms with E-state index in [2.05, 4.69) is 0 Å². The van der Waals surface area contributed by atoms with E-state index in [1.165, 1.54) is 0 Å². The lowest BCUT2D eigenvalue weighted by atomic mass is 10.0. The quantitative estimate of drug-likeness (QED) is 0.610. The number of furan rings is 1. The molecule has 16 heavy (non-hydrogen) atoms. The average Bonchev–Trinajstić information content (AvgIpc) is 2.81. The minimum atomic E-state index is -0.00898. The van der Waals surface area contributed by atoms with Gasteiger partial charge in [0.25, 0.3) is 0 Å². The van der Waals surface area contributed by atoms with Gasteiger partial charge in [0, 0.05) is 11.1 Å². The topological polar surface area (TPSA) is 72.2 Å². The Balaban J connectivity index is 2.57. The van der Waals surface area contributed by atoms with Gasteiger partial charge in [-0.05, 0) is 30.3 Å². The Morgan fingerprint density at radius 2 is 2.19 bits per heavy atom. The van der Waals surface area contributed by atoms with Crippen LogP contribution in [0.4, 0.5) is 0 Å². The van der Waals surface area contributed by atoms with Gasteiger partial charge in [0.2, 0.25) is 0 Å². The van der Waals surface area contributed by atoms with Crippen LogP contribution >= 0.6 is 0 Å². The predicted octanol–water partition coefficient (Wildman–Crippen LogP) is 2.24. The number of hydrogen-bond acceptors (Lipinski definition) is 3. The van der Waals surface area contributed by atoms with E-state index in [-0.39, 0.29) is 5.84 Å². The second-order valence-electron chi connectivity index (χ2n) is 3.30. The molecule has 0 amide bonds. The van der Waals surface area contributed by atoms with Crippen molar-refractivity contribution < 1.29 is 9.15 Å². The molecule has 4 heteroatoms. The van der Waals surface area contributed by atoms with Crippen molar-refractivity contribution >= 4 is 5.84 Å². The molecule has 3 N–H and O–H groups in total.